The van der Waals surface area contributed by atoms with Gasteiger partial charge in [-0.1, -0.05) is 6.92 Å². The summed E-state index contributed by atoms with van der Waals surface area (Å²) in [4.78, 5) is 30.2. The first-order chi connectivity index (χ1) is 15.9. The molecule has 0 radical (unpaired) electrons. The van der Waals surface area contributed by atoms with E-state index in [0.29, 0.717) is 43.0 Å². The summed E-state index contributed by atoms with van der Waals surface area (Å²) < 4.78 is 27.8. The monoisotopic (exact) mass is 454 g/mol. The van der Waals surface area contributed by atoms with Gasteiger partial charge in [0.25, 0.3) is 5.91 Å². The van der Waals surface area contributed by atoms with Crippen LogP contribution in [0.3, 0.4) is 0 Å². The highest BCUT2D eigenvalue weighted by Gasteiger charge is 2.28. The Hall–Kier alpha value is -3.46. The van der Waals surface area contributed by atoms with Crippen LogP contribution < -0.4 is 5.32 Å². The number of nitrogens with one attached hydrogen (secondary N) is 1. The number of nitrogens with zero attached hydrogens (tertiary/aromatic N) is 3. The number of imidazole rings is 1. The van der Waals surface area contributed by atoms with Crippen molar-refractivity contribution in [3.63, 3.8) is 0 Å². The molecule has 8 nitrogen and oxygen atoms in total. The van der Waals surface area contributed by atoms with Crippen LogP contribution in [-0.4, -0.2) is 66.2 Å². The fourth-order valence-electron chi connectivity index (χ4n) is 4.11. The molecule has 1 aliphatic heterocycles. The van der Waals surface area contributed by atoms with Crippen molar-refractivity contribution in [1.29, 1.82) is 0 Å². The predicted molar refractivity (Wildman–Crippen MR) is 121 cm³/mol. The molecule has 2 amide bonds. The van der Waals surface area contributed by atoms with Gasteiger partial charge in [0.2, 0.25) is 0 Å². The molecule has 0 spiro atoms. The minimum atomic E-state index is -0.530. The van der Waals surface area contributed by atoms with E-state index in [-0.39, 0.29) is 17.6 Å². The fourth-order valence-corrected chi connectivity index (χ4v) is 4.11. The number of carbonyl (C=O) groups excluding carboxylic acids is 2. The van der Waals surface area contributed by atoms with Crippen molar-refractivity contribution in [3.05, 3.63) is 59.2 Å². The van der Waals surface area contributed by atoms with Crippen molar-refractivity contribution in [2.75, 3.05) is 33.9 Å². The summed E-state index contributed by atoms with van der Waals surface area (Å²) in [6.45, 7) is 3.27. The molecule has 0 bridgehead atoms. The molecule has 2 aromatic heterocycles. The summed E-state index contributed by atoms with van der Waals surface area (Å²) in [5, 5.41) is 2.50. The Balaban J connectivity index is 1.76. The highest BCUT2D eigenvalue weighted by molar-refractivity contribution is 5.94. The quantitative estimate of drug-likeness (QED) is 0.641. The Morgan fingerprint density at radius 2 is 2.12 bits per heavy atom. The summed E-state index contributed by atoms with van der Waals surface area (Å²) in [7, 11) is 2.85. The summed E-state index contributed by atoms with van der Waals surface area (Å²) in [6.07, 6.45) is 2.51. The molecule has 9 heteroatoms. The van der Waals surface area contributed by atoms with Gasteiger partial charge in [-0.2, -0.15) is 0 Å². The molecule has 3 heterocycles. The molecule has 1 N–H and O–H groups in total. The standard InChI is InChI=1S/C24H27FN4O4/c1-4-15-7-8-29-20(13-17-14-28(9-10-33-17)24(31)32-3)22(27-21(29)11-15)18-6-5-16(12-19(18)25)23(30)26-2/h5-8,11-12,17H,4,9-10,13-14H2,1-3H3,(H,26,30). The number of hydrogen-bond acceptors (Lipinski definition) is 5. The van der Waals surface area contributed by atoms with Gasteiger partial charge in [0.05, 0.1) is 37.8 Å². The number of hydrogen-bond donors (Lipinski definition) is 1. The number of pyridine rings is 1. The predicted octanol–water partition coefficient (Wildman–Crippen LogP) is 3.07. The number of benzene rings is 1. The Morgan fingerprint density at radius 1 is 1.30 bits per heavy atom. The lowest BCUT2D eigenvalue weighted by Gasteiger charge is -2.32. The number of methoxy groups -OCH3 is 1. The summed E-state index contributed by atoms with van der Waals surface area (Å²) in [5.74, 6) is -0.890. The van der Waals surface area contributed by atoms with E-state index in [9.17, 15) is 9.59 Å². The van der Waals surface area contributed by atoms with Crippen LogP contribution in [-0.2, 0) is 22.3 Å². The Kier molecular flexibility index (Phi) is 6.60. The third kappa shape index (κ3) is 4.54. The van der Waals surface area contributed by atoms with E-state index in [2.05, 4.69) is 12.2 Å². The van der Waals surface area contributed by atoms with E-state index in [0.717, 1.165) is 17.7 Å². The van der Waals surface area contributed by atoms with E-state index in [1.807, 2.05) is 22.7 Å². The number of fused-ring (bicyclic) bond motifs is 1. The van der Waals surface area contributed by atoms with Gasteiger partial charge in [-0.25, -0.2) is 14.2 Å². The summed E-state index contributed by atoms with van der Waals surface area (Å²) in [5.41, 5.74) is 3.63. The molecule has 1 aromatic carbocycles. The van der Waals surface area contributed by atoms with E-state index in [4.69, 9.17) is 14.5 Å². The van der Waals surface area contributed by atoms with Crippen LogP contribution in [0.15, 0.2) is 36.5 Å². The largest absolute Gasteiger partial charge is 0.453 e. The van der Waals surface area contributed by atoms with E-state index >= 15 is 4.39 Å². The number of ether oxygens (including phenoxy) is 2. The van der Waals surface area contributed by atoms with Gasteiger partial charge in [0.15, 0.2) is 0 Å². The molecule has 0 saturated carbocycles. The van der Waals surface area contributed by atoms with Gasteiger partial charge in [-0.15, -0.1) is 0 Å². The summed E-state index contributed by atoms with van der Waals surface area (Å²) >= 11 is 0. The molecule has 1 saturated heterocycles. The van der Waals surface area contributed by atoms with Gasteiger partial charge >= 0.3 is 6.09 Å². The number of carbonyl (C=O) groups is 2. The van der Waals surface area contributed by atoms with Crippen LogP contribution in [0, 0.1) is 5.82 Å². The Bertz CT molecular complexity index is 1190. The zero-order valence-corrected chi connectivity index (χ0v) is 18.9. The highest BCUT2D eigenvalue weighted by Crippen LogP contribution is 2.30. The number of amides is 2. The third-order valence-corrected chi connectivity index (χ3v) is 5.90. The molecular weight excluding hydrogens is 427 g/mol. The third-order valence-electron chi connectivity index (χ3n) is 5.90. The van der Waals surface area contributed by atoms with E-state index in [1.165, 1.54) is 20.2 Å². The first-order valence-electron chi connectivity index (χ1n) is 10.9. The molecule has 3 aromatic rings. The van der Waals surface area contributed by atoms with Crippen molar-refractivity contribution in [1.82, 2.24) is 19.6 Å². The average molecular weight is 455 g/mol. The molecule has 0 aliphatic carbocycles. The second kappa shape index (κ2) is 9.58. The van der Waals surface area contributed by atoms with Crippen LogP contribution in [0.2, 0.25) is 0 Å². The van der Waals surface area contributed by atoms with Crippen LogP contribution >= 0.6 is 0 Å². The maximum atomic E-state index is 15.1. The Morgan fingerprint density at radius 3 is 2.82 bits per heavy atom. The second-order valence-corrected chi connectivity index (χ2v) is 7.91. The van der Waals surface area contributed by atoms with Crippen LogP contribution in [0.25, 0.3) is 16.9 Å². The lowest BCUT2D eigenvalue weighted by Crippen LogP contribution is -2.46. The van der Waals surface area contributed by atoms with Crippen LogP contribution in [0.5, 0.6) is 0 Å². The minimum Gasteiger partial charge on any atom is -0.453 e. The van der Waals surface area contributed by atoms with Crippen molar-refractivity contribution in [2.45, 2.75) is 25.9 Å². The molecular formula is C24H27FN4O4. The molecule has 1 fully saturated rings. The molecule has 174 valence electrons. The number of halogens is 1. The SMILES string of the molecule is CCc1ccn2c(CC3CN(C(=O)OC)CCO3)c(-c3ccc(C(=O)NC)cc3F)nc2c1. The van der Waals surface area contributed by atoms with Crippen molar-refractivity contribution >= 4 is 17.6 Å². The topological polar surface area (TPSA) is 85.2 Å². The zero-order valence-electron chi connectivity index (χ0n) is 18.9. The van der Waals surface area contributed by atoms with Crippen molar-refractivity contribution in [3.8, 4) is 11.3 Å². The first-order valence-corrected chi connectivity index (χ1v) is 10.9. The maximum absolute atomic E-state index is 15.1. The minimum absolute atomic E-state index is 0.238. The van der Waals surface area contributed by atoms with E-state index < -0.39 is 11.9 Å². The lowest BCUT2D eigenvalue weighted by atomic mass is 10.0. The highest BCUT2D eigenvalue weighted by atomic mass is 19.1. The van der Waals surface area contributed by atoms with Gasteiger partial charge in [0, 0.05) is 37.3 Å². The fraction of sp³-hybridized carbons (Fsp3) is 0.375. The van der Waals surface area contributed by atoms with Crippen molar-refractivity contribution in [2.24, 2.45) is 0 Å². The van der Waals surface area contributed by atoms with Gasteiger partial charge < -0.3 is 24.1 Å². The maximum Gasteiger partial charge on any atom is 0.409 e. The van der Waals surface area contributed by atoms with Gasteiger partial charge in [-0.05, 0) is 42.3 Å². The molecule has 1 unspecified atom stereocenters. The smallest absolute Gasteiger partial charge is 0.409 e. The van der Waals surface area contributed by atoms with Gasteiger partial charge in [0.1, 0.15) is 11.5 Å². The normalized spacial score (nSPS) is 16.1. The summed E-state index contributed by atoms with van der Waals surface area (Å²) in [6, 6.07) is 8.37. The van der Waals surface area contributed by atoms with Crippen LogP contribution in [0.4, 0.5) is 9.18 Å². The first kappa shape index (κ1) is 22.7. The van der Waals surface area contributed by atoms with E-state index in [1.54, 1.807) is 17.0 Å². The van der Waals surface area contributed by atoms with Gasteiger partial charge in [-0.3, -0.25) is 4.79 Å². The number of aromatic nitrogens is 2. The zero-order chi connectivity index (χ0) is 23.5. The molecule has 1 atom stereocenters. The Labute approximate surface area is 191 Å². The van der Waals surface area contributed by atoms with Crippen molar-refractivity contribution < 1.29 is 23.5 Å². The lowest BCUT2D eigenvalue weighted by molar-refractivity contribution is -0.0241. The number of rotatable bonds is 5. The molecule has 4 rings (SSSR count). The van der Waals surface area contributed by atoms with Crippen LogP contribution in [0.1, 0.15) is 28.5 Å². The molecule has 1 aliphatic rings. The number of morpholine rings is 1. The second-order valence-electron chi connectivity index (χ2n) is 7.91. The average Bonchev–Trinajstić information content (AvgIpc) is 3.19. The molecule has 33 heavy (non-hydrogen) atoms. The number of aryl methyl sites for hydroxylation is 1.